The van der Waals surface area contributed by atoms with Crippen molar-refractivity contribution in [3.05, 3.63) is 16.6 Å². The van der Waals surface area contributed by atoms with Gasteiger partial charge >= 0.3 is 0 Å². The lowest BCUT2D eigenvalue weighted by atomic mass is 10.1. The lowest BCUT2D eigenvalue weighted by molar-refractivity contribution is 0.537. The lowest BCUT2D eigenvalue weighted by Crippen LogP contribution is -2.07. The Morgan fingerprint density at radius 3 is 3.09 bits per heavy atom. The van der Waals surface area contributed by atoms with Gasteiger partial charge in [0.25, 0.3) is 0 Å². The van der Waals surface area contributed by atoms with Gasteiger partial charge in [0.1, 0.15) is 0 Å². The van der Waals surface area contributed by atoms with E-state index in [0.717, 1.165) is 19.4 Å². The molecule has 0 amide bonds. The second kappa shape index (κ2) is 4.46. The summed E-state index contributed by atoms with van der Waals surface area (Å²) in [6.45, 7) is 3.00. The molecule has 0 saturated heterocycles. The van der Waals surface area contributed by atoms with Crippen molar-refractivity contribution >= 4 is 11.3 Å². The molecule has 2 nitrogen and oxygen atoms in total. The Bertz CT molecular complexity index is 184. The number of nitrogens with zero attached hydrogens (tertiary/aromatic N) is 1. The van der Waals surface area contributed by atoms with Crippen LogP contribution in [0.3, 0.4) is 0 Å². The van der Waals surface area contributed by atoms with E-state index in [9.17, 15) is 0 Å². The quantitative estimate of drug-likeness (QED) is 0.746. The predicted molar refractivity (Wildman–Crippen MR) is 48.7 cm³/mol. The van der Waals surface area contributed by atoms with Crippen LogP contribution < -0.4 is 5.73 Å². The number of thiazole rings is 1. The summed E-state index contributed by atoms with van der Waals surface area (Å²) in [5.74, 6) is 0.672. The van der Waals surface area contributed by atoms with E-state index >= 15 is 0 Å². The molecule has 0 bridgehead atoms. The second-order valence-electron chi connectivity index (χ2n) is 2.81. The molecule has 0 aliphatic rings. The van der Waals surface area contributed by atoms with Crippen molar-refractivity contribution in [2.45, 2.75) is 19.8 Å². The minimum absolute atomic E-state index is 0.672. The summed E-state index contributed by atoms with van der Waals surface area (Å²) in [6, 6.07) is 0. The first-order valence-corrected chi connectivity index (χ1v) is 4.79. The molecule has 0 aromatic carbocycles. The predicted octanol–water partition coefficient (Wildman–Crippen LogP) is 1.67. The van der Waals surface area contributed by atoms with Crippen molar-refractivity contribution < 1.29 is 0 Å². The Balaban J connectivity index is 2.31. The molecule has 0 fully saturated rings. The number of hydrogen-bond donors (Lipinski definition) is 1. The highest BCUT2D eigenvalue weighted by Gasteiger charge is 2.03. The van der Waals surface area contributed by atoms with Crippen LogP contribution in [0.25, 0.3) is 0 Å². The summed E-state index contributed by atoms with van der Waals surface area (Å²) in [6.07, 6.45) is 4.03. The Hall–Kier alpha value is -0.410. The van der Waals surface area contributed by atoms with E-state index in [-0.39, 0.29) is 0 Å². The van der Waals surface area contributed by atoms with E-state index in [1.54, 1.807) is 11.3 Å². The van der Waals surface area contributed by atoms with E-state index in [2.05, 4.69) is 11.9 Å². The molecule has 1 atom stereocenters. The zero-order valence-corrected chi connectivity index (χ0v) is 7.60. The van der Waals surface area contributed by atoms with Crippen molar-refractivity contribution in [2.75, 3.05) is 6.54 Å². The second-order valence-corrected chi connectivity index (χ2v) is 3.79. The van der Waals surface area contributed by atoms with Gasteiger partial charge in [-0.1, -0.05) is 6.92 Å². The molecule has 1 aromatic rings. The molecule has 0 spiro atoms. The highest BCUT2D eigenvalue weighted by Crippen LogP contribution is 2.12. The maximum absolute atomic E-state index is 5.44. The summed E-state index contributed by atoms with van der Waals surface area (Å²) >= 11 is 1.73. The zero-order chi connectivity index (χ0) is 8.10. The van der Waals surface area contributed by atoms with Gasteiger partial charge in [0.2, 0.25) is 0 Å². The van der Waals surface area contributed by atoms with Crippen molar-refractivity contribution in [3.63, 3.8) is 0 Å². The molecule has 1 rings (SSSR count). The molecule has 3 heteroatoms. The Kier molecular flexibility index (Phi) is 3.52. The van der Waals surface area contributed by atoms with Crippen LogP contribution in [0.1, 0.15) is 18.4 Å². The average molecular weight is 170 g/mol. The number of aromatic nitrogens is 1. The van der Waals surface area contributed by atoms with Crippen LogP contribution in [0, 0.1) is 5.92 Å². The van der Waals surface area contributed by atoms with Crippen LogP contribution in [0.15, 0.2) is 11.6 Å². The van der Waals surface area contributed by atoms with Crippen LogP contribution in [0.2, 0.25) is 0 Å². The van der Waals surface area contributed by atoms with E-state index in [1.165, 1.54) is 5.01 Å². The van der Waals surface area contributed by atoms with Gasteiger partial charge in [-0.2, -0.15) is 0 Å². The first kappa shape index (κ1) is 8.68. The Morgan fingerprint density at radius 1 is 1.73 bits per heavy atom. The first-order chi connectivity index (χ1) is 5.33. The van der Waals surface area contributed by atoms with Crippen LogP contribution in [0.5, 0.6) is 0 Å². The van der Waals surface area contributed by atoms with Crippen molar-refractivity contribution in [1.29, 1.82) is 0 Å². The number of rotatable bonds is 4. The Labute approximate surface area is 71.5 Å². The maximum Gasteiger partial charge on any atom is 0.0927 e. The van der Waals surface area contributed by atoms with Crippen molar-refractivity contribution in [2.24, 2.45) is 11.7 Å². The van der Waals surface area contributed by atoms with Crippen LogP contribution in [-0.4, -0.2) is 11.5 Å². The van der Waals surface area contributed by atoms with Gasteiger partial charge in [-0.3, -0.25) is 0 Å². The van der Waals surface area contributed by atoms with E-state index in [0.29, 0.717) is 5.92 Å². The molecule has 1 heterocycles. The summed E-state index contributed by atoms with van der Waals surface area (Å²) in [5, 5.41) is 3.25. The van der Waals surface area contributed by atoms with Gasteiger partial charge in [0.15, 0.2) is 0 Å². The summed E-state index contributed by atoms with van der Waals surface area (Å²) in [5.41, 5.74) is 5.44. The topological polar surface area (TPSA) is 38.9 Å². The maximum atomic E-state index is 5.44. The fourth-order valence-corrected chi connectivity index (χ4v) is 1.82. The standard InChI is InChI=1S/C8H14N2S/c1-7(2-3-9)6-8-10-4-5-11-8/h4-5,7H,2-3,6,9H2,1H3. The zero-order valence-electron chi connectivity index (χ0n) is 6.79. The molecule has 62 valence electrons. The van der Waals surface area contributed by atoms with Crippen molar-refractivity contribution in [3.8, 4) is 0 Å². The molecule has 1 unspecified atom stereocenters. The van der Waals surface area contributed by atoms with E-state index in [4.69, 9.17) is 5.73 Å². The summed E-state index contributed by atoms with van der Waals surface area (Å²) in [7, 11) is 0. The molecule has 11 heavy (non-hydrogen) atoms. The molecule has 2 N–H and O–H groups in total. The van der Waals surface area contributed by atoms with Crippen LogP contribution >= 0.6 is 11.3 Å². The van der Waals surface area contributed by atoms with Crippen molar-refractivity contribution in [1.82, 2.24) is 4.98 Å². The number of nitrogens with two attached hydrogens (primary N) is 1. The molecule has 1 aromatic heterocycles. The van der Waals surface area contributed by atoms with Gasteiger partial charge in [-0.25, -0.2) is 4.98 Å². The van der Waals surface area contributed by atoms with Gasteiger partial charge in [0, 0.05) is 18.0 Å². The van der Waals surface area contributed by atoms with Gasteiger partial charge < -0.3 is 5.73 Å². The van der Waals surface area contributed by atoms with Gasteiger partial charge in [-0.15, -0.1) is 11.3 Å². The molecular weight excluding hydrogens is 156 g/mol. The molecule has 0 saturated carbocycles. The van der Waals surface area contributed by atoms with Gasteiger partial charge in [-0.05, 0) is 18.9 Å². The third kappa shape index (κ3) is 2.99. The third-order valence-corrected chi connectivity index (χ3v) is 2.47. The lowest BCUT2D eigenvalue weighted by Gasteiger charge is -2.05. The molecule has 0 aliphatic heterocycles. The van der Waals surface area contributed by atoms with Gasteiger partial charge in [0.05, 0.1) is 5.01 Å². The molecular formula is C8H14N2S. The minimum Gasteiger partial charge on any atom is -0.330 e. The fraction of sp³-hybridized carbons (Fsp3) is 0.625. The summed E-state index contributed by atoms with van der Waals surface area (Å²) in [4.78, 5) is 4.22. The number of hydrogen-bond acceptors (Lipinski definition) is 3. The van der Waals surface area contributed by atoms with Crippen LogP contribution in [-0.2, 0) is 6.42 Å². The normalized spacial score (nSPS) is 13.3. The highest BCUT2D eigenvalue weighted by molar-refractivity contribution is 7.09. The molecule has 0 aliphatic carbocycles. The Morgan fingerprint density at radius 2 is 2.55 bits per heavy atom. The molecule has 0 radical (unpaired) electrons. The SMILES string of the molecule is CC(CCN)Cc1nccs1. The minimum atomic E-state index is 0.672. The van der Waals surface area contributed by atoms with Crippen LogP contribution in [0.4, 0.5) is 0 Å². The van der Waals surface area contributed by atoms with E-state index < -0.39 is 0 Å². The average Bonchev–Trinajstić information content (AvgIpc) is 2.40. The largest absolute Gasteiger partial charge is 0.330 e. The first-order valence-electron chi connectivity index (χ1n) is 3.91. The fourth-order valence-electron chi connectivity index (χ4n) is 1.04. The monoisotopic (exact) mass is 170 g/mol. The summed E-state index contributed by atoms with van der Waals surface area (Å²) < 4.78 is 0. The van der Waals surface area contributed by atoms with E-state index in [1.807, 2.05) is 11.6 Å². The smallest absolute Gasteiger partial charge is 0.0927 e. The third-order valence-electron chi connectivity index (χ3n) is 1.67. The highest BCUT2D eigenvalue weighted by atomic mass is 32.1.